The van der Waals surface area contributed by atoms with Gasteiger partial charge in [-0.15, -0.1) is 0 Å². The number of benzene rings is 3. The van der Waals surface area contributed by atoms with E-state index >= 15 is 0 Å². The van der Waals surface area contributed by atoms with Crippen LogP contribution in [0, 0.1) is 0 Å². The Bertz CT molecular complexity index is 1600. The van der Waals surface area contributed by atoms with E-state index < -0.39 is 0 Å². The Morgan fingerprint density at radius 2 is 1.77 bits per heavy atom. The van der Waals surface area contributed by atoms with Gasteiger partial charge in [0.1, 0.15) is 11.6 Å². The van der Waals surface area contributed by atoms with E-state index in [1.807, 2.05) is 60.4 Å². The number of hydrogen-bond acceptors (Lipinski definition) is 5. The molecule has 0 atom stereocenters. The molecule has 0 unspecified atom stereocenters. The van der Waals surface area contributed by atoms with Crippen molar-refractivity contribution in [1.29, 1.82) is 0 Å². The number of carbonyl (C=O) groups is 2. The van der Waals surface area contributed by atoms with E-state index in [-0.39, 0.29) is 24.0 Å². The highest BCUT2D eigenvalue weighted by molar-refractivity contribution is 6.10. The molecule has 7 rings (SSSR count). The van der Waals surface area contributed by atoms with Gasteiger partial charge in [-0.2, -0.15) is 0 Å². The molecule has 0 spiro atoms. The van der Waals surface area contributed by atoms with Gasteiger partial charge in [-0.3, -0.25) is 9.59 Å². The van der Waals surface area contributed by atoms with Gasteiger partial charge < -0.3 is 24.8 Å². The Labute approximate surface area is 233 Å². The third-order valence-corrected chi connectivity index (χ3v) is 8.33. The van der Waals surface area contributed by atoms with E-state index in [1.54, 1.807) is 0 Å². The molecule has 0 radical (unpaired) electrons. The molecule has 0 bridgehead atoms. The first kappa shape index (κ1) is 24.7. The minimum absolute atomic E-state index is 0.00100. The van der Waals surface area contributed by atoms with Crippen LogP contribution < -0.4 is 19.9 Å². The zero-order chi connectivity index (χ0) is 27.3. The first-order chi connectivity index (χ1) is 19.4. The lowest BCUT2D eigenvalue weighted by Crippen LogP contribution is -2.37. The number of H-pyrrole nitrogens is 1. The lowest BCUT2D eigenvalue weighted by molar-refractivity contribution is -0.123. The van der Waals surface area contributed by atoms with Crippen LogP contribution in [-0.4, -0.2) is 47.0 Å². The largest absolute Gasteiger partial charge is 0.484 e. The average Bonchev–Trinajstić information content (AvgIpc) is 3.40. The van der Waals surface area contributed by atoms with Crippen molar-refractivity contribution >= 4 is 34.2 Å². The molecule has 1 aliphatic carbocycles. The molecule has 3 heterocycles. The van der Waals surface area contributed by atoms with Gasteiger partial charge in [0.15, 0.2) is 6.61 Å². The second-order valence-electron chi connectivity index (χ2n) is 11.5. The minimum Gasteiger partial charge on any atom is -0.484 e. The fourth-order valence-corrected chi connectivity index (χ4v) is 5.71. The van der Waals surface area contributed by atoms with E-state index in [9.17, 15) is 9.59 Å². The van der Waals surface area contributed by atoms with E-state index in [4.69, 9.17) is 9.72 Å². The molecule has 4 aromatic rings. The van der Waals surface area contributed by atoms with Gasteiger partial charge in [-0.1, -0.05) is 0 Å². The molecule has 1 saturated heterocycles. The monoisotopic (exact) mass is 535 g/mol. The summed E-state index contributed by atoms with van der Waals surface area (Å²) in [4.78, 5) is 37.8. The lowest BCUT2D eigenvalue weighted by Gasteiger charge is -2.29. The number of carbonyl (C=O) groups excluding carboxylic acids is 2. The Morgan fingerprint density at radius 3 is 2.55 bits per heavy atom. The van der Waals surface area contributed by atoms with Crippen molar-refractivity contribution in [1.82, 2.24) is 15.3 Å². The van der Waals surface area contributed by atoms with Gasteiger partial charge in [0.05, 0.1) is 17.6 Å². The summed E-state index contributed by atoms with van der Waals surface area (Å²) in [6.07, 6.45) is 5.79. The van der Waals surface area contributed by atoms with Crippen LogP contribution >= 0.6 is 0 Å². The van der Waals surface area contributed by atoms with Crippen LogP contribution in [0.1, 0.15) is 54.9 Å². The standard InChI is InChI=1S/C32H33N5O3/c1-32(13-14-32)35-29(38)20-40-25-9-5-21(6-10-25)30-33-27-12-8-24(18-28(27)34-30)37-19-22-17-23(7-11-26(22)31(37)39)36-15-3-2-4-16-36/h5-12,17-18H,2-4,13-16,19-20H2,1H3,(H,33,34)(H,35,38). The van der Waals surface area contributed by atoms with E-state index in [1.165, 1.54) is 24.9 Å². The van der Waals surface area contributed by atoms with Crippen molar-refractivity contribution in [2.75, 3.05) is 29.5 Å². The maximum absolute atomic E-state index is 13.3. The summed E-state index contributed by atoms with van der Waals surface area (Å²) in [7, 11) is 0. The average molecular weight is 536 g/mol. The zero-order valence-corrected chi connectivity index (χ0v) is 22.7. The van der Waals surface area contributed by atoms with Gasteiger partial charge in [0, 0.05) is 41.1 Å². The number of nitrogens with one attached hydrogen (secondary N) is 2. The highest BCUT2D eigenvalue weighted by Crippen LogP contribution is 2.35. The maximum Gasteiger partial charge on any atom is 0.258 e. The first-order valence-corrected chi connectivity index (χ1v) is 14.2. The zero-order valence-electron chi connectivity index (χ0n) is 22.7. The third-order valence-electron chi connectivity index (χ3n) is 8.33. The summed E-state index contributed by atoms with van der Waals surface area (Å²) < 4.78 is 5.66. The van der Waals surface area contributed by atoms with Gasteiger partial charge in [-0.25, -0.2) is 4.98 Å². The summed E-state index contributed by atoms with van der Waals surface area (Å²) in [6, 6.07) is 19.7. The normalized spacial score (nSPS) is 17.7. The molecule has 8 nitrogen and oxygen atoms in total. The summed E-state index contributed by atoms with van der Waals surface area (Å²) in [5.41, 5.74) is 6.51. The van der Waals surface area contributed by atoms with E-state index in [0.29, 0.717) is 12.3 Å². The number of nitrogens with zero attached hydrogens (tertiary/aromatic N) is 3. The Hall–Kier alpha value is -4.33. The molecule has 2 aliphatic heterocycles. The van der Waals surface area contributed by atoms with Gasteiger partial charge in [-0.05, 0) is 105 Å². The summed E-state index contributed by atoms with van der Waals surface area (Å²) in [5.74, 6) is 1.31. The fraction of sp³-hybridized carbons (Fsp3) is 0.344. The van der Waals surface area contributed by atoms with Crippen molar-refractivity contribution in [2.45, 2.75) is 51.1 Å². The van der Waals surface area contributed by atoms with Crippen LogP contribution in [0.4, 0.5) is 11.4 Å². The van der Waals surface area contributed by atoms with Crippen molar-refractivity contribution in [3.05, 3.63) is 71.8 Å². The molecule has 8 heteroatoms. The molecule has 2 N–H and O–H groups in total. The number of anilines is 2. The number of imidazole rings is 1. The molecule has 2 fully saturated rings. The van der Waals surface area contributed by atoms with Crippen molar-refractivity contribution in [3.8, 4) is 17.1 Å². The fourth-order valence-electron chi connectivity index (χ4n) is 5.71. The Kier molecular flexibility index (Phi) is 5.99. The molecule has 3 aromatic carbocycles. The van der Waals surface area contributed by atoms with Gasteiger partial charge in [0.2, 0.25) is 0 Å². The van der Waals surface area contributed by atoms with Crippen LogP contribution in [0.5, 0.6) is 5.75 Å². The molecule has 1 aromatic heterocycles. The topological polar surface area (TPSA) is 90.6 Å². The predicted octanol–water partition coefficient (Wildman–Crippen LogP) is 5.43. The van der Waals surface area contributed by atoms with E-state index in [0.717, 1.165) is 65.2 Å². The van der Waals surface area contributed by atoms with Crippen molar-refractivity contribution in [3.63, 3.8) is 0 Å². The minimum atomic E-state index is -0.0980. The SMILES string of the molecule is CC1(NC(=O)COc2ccc(-c3nc4ccc(N5Cc6cc(N7CCCCC7)ccc6C5=O)cc4[nH]3)cc2)CC1. The summed E-state index contributed by atoms with van der Waals surface area (Å²) >= 11 is 0. The van der Waals surface area contributed by atoms with Crippen molar-refractivity contribution < 1.29 is 14.3 Å². The van der Waals surface area contributed by atoms with Crippen LogP contribution in [0.15, 0.2) is 60.7 Å². The number of piperidine rings is 1. The first-order valence-electron chi connectivity index (χ1n) is 14.2. The highest BCUT2D eigenvalue weighted by atomic mass is 16.5. The number of amides is 2. The Morgan fingerprint density at radius 1 is 1.00 bits per heavy atom. The maximum atomic E-state index is 13.3. The van der Waals surface area contributed by atoms with Gasteiger partial charge in [0.25, 0.3) is 11.8 Å². The molecular weight excluding hydrogens is 502 g/mol. The number of fused-ring (bicyclic) bond motifs is 2. The summed E-state index contributed by atoms with van der Waals surface area (Å²) in [6.45, 7) is 4.79. The second-order valence-corrected chi connectivity index (χ2v) is 11.5. The number of rotatable bonds is 7. The molecule has 40 heavy (non-hydrogen) atoms. The lowest BCUT2D eigenvalue weighted by atomic mass is 10.1. The third kappa shape index (κ3) is 4.78. The molecule has 204 valence electrons. The molecule has 3 aliphatic rings. The van der Waals surface area contributed by atoms with Crippen LogP contribution in [0.3, 0.4) is 0 Å². The molecule has 2 amide bonds. The number of ether oxygens (including phenoxy) is 1. The number of aromatic nitrogens is 2. The summed E-state index contributed by atoms with van der Waals surface area (Å²) in [5, 5.41) is 3.00. The van der Waals surface area contributed by atoms with E-state index in [2.05, 4.69) is 27.3 Å². The van der Waals surface area contributed by atoms with Gasteiger partial charge >= 0.3 is 0 Å². The highest BCUT2D eigenvalue weighted by Gasteiger charge is 2.38. The second kappa shape index (κ2) is 9.70. The number of hydrogen-bond donors (Lipinski definition) is 2. The molecular formula is C32H33N5O3. The van der Waals surface area contributed by atoms with Crippen LogP contribution in [0.25, 0.3) is 22.4 Å². The quantitative estimate of drug-likeness (QED) is 0.329. The van der Waals surface area contributed by atoms with Crippen LogP contribution in [0.2, 0.25) is 0 Å². The Balaban J connectivity index is 1.05. The smallest absolute Gasteiger partial charge is 0.258 e. The van der Waals surface area contributed by atoms with Crippen molar-refractivity contribution in [2.24, 2.45) is 0 Å². The predicted molar refractivity (Wildman–Crippen MR) is 156 cm³/mol. The number of aromatic amines is 1. The molecule has 1 saturated carbocycles. The van der Waals surface area contributed by atoms with Crippen LogP contribution in [-0.2, 0) is 11.3 Å².